The highest BCUT2D eigenvalue weighted by Crippen LogP contribution is 2.32. The first kappa shape index (κ1) is 23.9. The molecule has 0 aliphatic rings. The van der Waals surface area contributed by atoms with Crippen LogP contribution >= 0.6 is 22.9 Å². The minimum atomic E-state index is -3.85. The molecule has 1 amide bonds. The summed E-state index contributed by atoms with van der Waals surface area (Å²) in [5.41, 5.74) is 1.15. The van der Waals surface area contributed by atoms with Crippen molar-refractivity contribution in [3.63, 3.8) is 0 Å². The average molecular weight is 494 g/mol. The zero-order chi connectivity index (χ0) is 23.5. The first-order valence-electron chi connectivity index (χ1n) is 9.42. The Balaban J connectivity index is 1.96. The number of sulfonamides is 1. The molecule has 0 saturated carbocycles. The fraction of sp³-hybridized carbons (Fsp3) is 0.190. The number of hydrogen-bond acceptors (Lipinski definition) is 7. The molecule has 3 rings (SSSR count). The Hall–Kier alpha value is -2.79. The zero-order valence-corrected chi connectivity index (χ0v) is 19.8. The quantitative estimate of drug-likeness (QED) is 0.496. The molecule has 0 bridgehead atoms. The number of aromatic nitrogens is 1. The van der Waals surface area contributed by atoms with Crippen LogP contribution in [0.4, 0.5) is 5.13 Å². The van der Waals surface area contributed by atoms with Gasteiger partial charge in [-0.2, -0.15) is 0 Å². The third-order valence-electron chi connectivity index (χ3n) is 4.31. The topological polar surface area (TPSA) is 106 Å². The molecule has 32 heavy (non-hydrogen) atoms. The molecular weight excluding hydrogens is 474 g/mol. The van der Waals surface area contributed by atoms with Crippen molar-refractivity contribution < 1.29 is 22.7 Å². The maximum atomic E-state index is 12.8. The summed E-state index contributed by atoms with van der Waals surface area (Å²) in [6.45, 7) is 1.89. The van der Waals surface area contributed by atoms with Crippen molar-refractivity contribution in [1.29, 1.82) is 0 Å². The second-order valence-electron chi connectivity index (χ2n) is 6.67. The lowest BCUT2D eigenvalue weighted by Gasteiger charge is -2.13. The Kier molecular flexibility index (Phi) is 7.29. The normalized spacial score (nSPS) is 11.4. The van der Waals surface area contributed by atoms with Crippen LogP contribution in [0.5, 0.6) is 0 Å². The van der Waals surface area contributed by atoms with Crippen LogP contribution in [0, 0.1) is 0 Å². The van der Waals surface area contributed by atoms with Gasteiger partial charge < -0.3 is 4.74 Å². The van der Waals surface area contributed by atoms with Gasteiger partial charge in [-0.25, -0.2) is 22.5 Å². The van der Waals surface area contributed by atoms with E-state index in [1.54, 1.807) is 19.1 Å². The van der Waals surface area contributed by atoms with Gasteiger partial charge in [-0.3, -0.25) is 10.1 Å². The predicted molar refractivity (Wildman–Crippen MR) is 124 cm³/mol. The minimum absolute atomic E-state index is 0.000426. The number of carbonyl (C=O) groups is 2. The molecule has 11 heteroatoms. The van der Waals surface area contributed by atoms with Crippen molar-refractivity contribution >= 4 is 50.0 Å². The Morgan fingerprint density at radius 3 is 2.47 bits per heavy atom. The highest BCUT2D eigenvalue weighted by atomic mass is 35.5. The zero-order valence-electron chi connectivity index (χ0n) is 17.5. The van der Waals surface area contributed by atoms with Crippen LogP contribution in [0.2, 0.25) is 5.02 Å². The summed E-state index contributed by atoms with van der Waals surface area (Å²) < 4.78 is 31.1. The SMILES string of the molecule is CCOC(=O)c1sc(NC(=O)c2ccc(Cl)c(S(=O)(=O)N(C)C)c2)nc1-c1ccccc1. The first-order valence-corrected chi connectivity index (χ1v) is 12.1. The molecule has 0 radical (unpaired) electrons. The van der Waals surface area contributed by atoms with Gasteiger partial charge in [0.25, 0.3) is 5.91 Å². The lowest BCUT2D eigenvalue weighted by molar-refractivity contribution is 0.0532. The molecular formula is C21H20ClN3O5S2. The number of nitrogens with zero attached hydrogens (tertiary/aromatic N) is 2. The van der Waals surface area contributed by atoms with Gasteiger partial charge in [0.15, 0.2) is 5.13 Å². The van der Waals surface area contributed by atoms with E-state index in [9.17, 15) is 18.0 Å². The van der Waals surface area contributed by atoms with Gasteiger partial charge in [0.05, 0.1) is 17.3 Å². The number of thiazole rings is 1. The monoisotopic (exact) mass is 493 g/mol. The summed E-state index contributed by atoms with van der Waals surface area (Å²) >= 11 is 7.02. The third kappa shape index (κ3) is 4.99. The fourth-order valence-electron chi connectivity index (χ4n) is 2.71. The number of nitrogens with one attached hydrogen (secondary N) is 1. The number of rotatable bonds is 7. The molecule has 0 atom stereocenters. The molecule has 0 saturated heterocycles. The fourth-order valence-corrected chi connectivity index (χ4v) is 4.98. The summed E-state index contributed by atoms with van der Waals surface area (Å²) in [5.74, 6) is -1.14. The van der Waals surface area contributed by atoms with Crippen LogP contribution in [0.25, 0.3) is 11.3 Å². The smallest absolute Gasteiger partial charge is 0.350 e. The second-order valence-corrected chi connectivity index (χ2v) is 10.2. The summed E-state index contributed by atoms with van der Waals surface area (Å²) in [4.78, 5) is 29.7. The van der Waals surface area contributed by atoms with Crippen LogP contribution < -0.4 is 5.32 Å². The number of anilines is 1. The van der Waals surface area contributed by atoms with E-state index in [2.05, 4.69) is 10.3 Å². The summed E-state index contributed by atoms with van der Waals surface area (Å²) in [6.07, 6.45) is 0. The van der Waals surface area contributed by atoms with Crippen LogP contribution in [-0.4, -0.2) is 50.3 Å². The van der Waals surface area contributed by atoms with Crippen molar-refractivity contribution in [3.05, 3.63) is 64.0 Å². The summed E-state index contributed by atoms with van der Waals surface area (Å²) in [5, 5.41) is 2.79. The van der Waals surface area contributed by atoms with E-state index in [1.165, 1.54) is 32.3 Å². The number of halogens is 1. The lowest BCUT2D eigenvalue weighted by atomic mass is 10.1. The Bertz CT molecular complexity index is 1260. The average Bonchev–Trinajstić information content (AvgIpc) is 3.18. The Labute approximate surface area is 194 Å². The van der Waals surface area contributed by atoms with Crippen molar-refractivity contribution in [2.75, 3.05) is 26.0 Å². The minimum Gasteiger partial charge on any atom is -0.462 e. The molecule has 2 aromatic carbocycles. The molecule has 8 nitrogen and oxygen atoms in total. The van der Waals surface area contributed by atoms with Crippen LogP contribution in [0.15, 0.2) is 53.4 Å². The van der Waals surface area contributed by atoms with Gasteiger partial charge >= 0.3 is 5.97 Å². The van der Waals surface area contributed by atoms with Gasteiger partial charge in [-0.05, 0) is 25.1 Å². The standard InChI is InChI=1S/C21H20ClN3O5S2/c1-4-30-20(27)18-17(13-8-6-5-7-9-13)23-21(31-18)24-19(26)14-10-11-15(22)16(12-14)32(28,29)25(2)3/h5-12H,4H2,1-3H3,(H,23,24,26). The van der Waals surface area contributed by atoms with E-state index >= 15 is 0 Å². The van der Waals surface area contributed by atoms with Crippen molar-refractivity contribution in [1.82, 2.24) is 9.29 Å². The van der Waals surface area contributed by atoms with Crippen molar-refractivity contribution in [2.45, 2.75) is 11.8 Å². The van der Waals surface area contributed by atoms with E-state index in [4.69, 9.17) is 16.3 Å². The number of hydrogen-bond donors (Lipinski definition) is 1. The van der Waals surface area contributed by atoms with E-state index in [1.807, 2.05) is 18.2 Å². The van der Waals surface area contributed by atoms with E-state index in [0.717, 1.165) is 15.6 Å². The summed E-state index contributed by atoms with van der Waals surface area (Å²) in [6, 6.07) is 13.0. The van der Waals surface area contributed by atoms with E-state index < -0.39 is 21.9 Å². The van der Waals surface area contributed by atoms with Crippen LogP contribution in [-0.2, 0) is 14.8 Å². The number of esters is 1. The van der Waals surface area contributed by atoms with Gasteiger partial charge in [0.2, 0.25) is 10.0 Å². The molecule has 0 aliphatic heterocycles. The molecule has 1 heterocycles. The maximum Gasteiger partial charge on any atom is 0.350 e. The van der Waals surface area contributed by atoms with E-state index in [-0.39, 0.29) is 32.1 Å². The maximum absolute atomic E-state index is 12.8. The number of carbonyl (C=O) groups excluding carboxylic acids is 2. The molecule has 1 N–H and O–H groups in total. The van der Waals surface area contributed by atoms with Gasteiger partial charge in [0.1, 0.15) is 9.77 Å². The second kappa shape index (κ2) is 9.78. The lowest BCUT2D eigenvalue weighted by Crippen LogP contribution is -2.23. The van der Waals surface area contributed by atoms with Crippen LogP contribution in [0.1, 0.15) is 27.0 Å². The molecule has 0 unspecified atom stereocenters. The molecule has 168 valence electrons. The van der Waals surface area contributed by atoms with Crippen molar-refractivity contribution in [3.8, 4) is 11.3 Å². The molecule has 0 aliphatic carbocycles. The molecule has 3 aromatic rings. The molecule has 0 spiro atoms. The van der Waals surface area contributed by atoms with Crippen molar-refractivity contribution in [2.24, 2.45) is 0 Å². The first-order chi connectivity index (χ1) is 15.1. The summed E-state index contributed by atoms with van der Waals surface area (Å²) in [7, 11) is -1.10. The Morgan fingerprint density at radius 2 is 1.84 bits per heavy atom. The van der Waals surface area contributed by atoms with Crippen LogP contribution in [0.3, 0.4) is 0 Å². The van der Waals surface area contributed by atoms with Gasteiger partial charge in [-0.15, -0.1) is 0 Å². The third-order valence-corrected chi connectivity index (χ3v) is 7.56. The highest BCUT2D eigenvalue weighted by molar-refractivity contribution is 7.89. The molecule has 0 fully saturated rings. The van der Waals surface area contributed by atoms with Gasteiger partial charge in [0, 0.05) is 25.2 Å². The largest absolute Gasteiger partial charge is 0.462 e. The highest BCUT2D eigenvalue weighted by Gasteiger charge is 2.24. The Morgan fingerprint density at radius 1 is 1.16 bits per heavy atom. The van der Waals surface area contributed by atoms with E-state index in [0.29, 0.717) is 11.3 Å². The predicted octanol–water partition coefficient (Wildman–Crippen LogP) is 4.14. The number of benzene rings is 2. The van der Waals surface area contributed by atoms with Gasteiger partial charge in [-0.1, -0.05) is 53.3 Å². The molecule has 1 aromatic heterocycles. The number of ether oxygens (including phenoxy) is 1. The number of amides is 1.